The fourth-order valence-electron chi connectivity index (χ4n) is 3.01. The monoisotopic (exact) mass is 289 g/mol. The predicted octanol–water partition coefficient (Wildman–Crippen LogP) is 2.74. The average Bonchev–Trinajstić information content (AvgIpc) is 2.34. The molecular formula is C17H23NO3. The molecule has 2 rings (SSSR count). The quantitative estimate of drug-likeness (QED) is 0.906. The molecule has 0 aromatic heterocycles. The zero-order valence-corrected chi connectivity index (χ0v) is 12.9. The highest BCUT2D eigenvalue weighted by Crippen LogP contribution is 2.45. The van der Waals surface area contributed by atoms with E-state index in [-0.39, 0.29) is 18.5 Å². The summed E-state index contributed by atoms with van der Waals surface area (Å²) in [5.41, 5.74) is 1.63. The van der Waals surface area contributed by atoms with Crippen LogP contribution in [0.25, 0.3) is 0 Å². The number of rotatable bonds is 5. The van der Waals surface area contributed by atoms with E-state index < -0.39 is 11.4 Å². The Balaban J connectivity index is 2.35. The Hall–Kier alpha value is -1.84. The van der Waals surface area contributed by atoms with Gasteiger partial charge in [-0.3, -0.25) is 9.59 Å². The first-order valence-electron chi connectivity index (χ1n) is 7.47. The fourth-order valence-corrected chi connectivity index (χ4v) is 3.01. The van der Waals surface area contributed by atoms with Crippen molar-refractivity contribution in [1.82, 2.24) is 4.90 Å². The van der Waals surface area contributed by atoms with Gasteiger partial charge in [0.05, 0.1) is 5.41 Å². The normalized spacial score (nSPS) is 16.4. The van der Waals surface area contributed by atoms with Crippen molar-refractivity contribution in [2.24, 2.45) is 0 Å². The minimum absolute atomic E-state index is 0.0447. The van der Waals surface area contributed by atoms with Crippen LogP contribution < -0.4 is 0 Å². The van der Waals surface area contributed by atoms with Gasteiger partial charge in [-0.2, -0.15) is 0 Å². The van der Waals surface area contributed by atoms with Crippen molar-refractivity contribution in [3.05, 3.63) is 35.4 Å². The molecule has 0 spiro atoms. The van der Waals surface area contributed by atoms with Crippen LogP contribution in [0.3, 0.4) is 0 Å². The third-order valence-corrected chi connectivity index (χ3v) is 4.38. The first kappa shape index (κ1) is 15.5. The molecule has 0 atom stereocenters. The summed E-state index contributed by atoms with van der Waals surface area (Å²) in [6.07, 6.45) is 2.62. The summed E-state index contributed by atoms with van der Waals surface area (Å²) < 4.78 is 0. The number of nitrogens with zero attached hydrogens (tertiary/aromatic N) is 1. The molecule has 1 amide bonds. The number of benzene rings is 1. The van der Waals surface area contributed by atoms with Gasteiger partial charge in [0, 0.05) is 6.04 Å². The molecule has 21 heavy (non-hydrogen) atoms. The van der Waals surface area contributed by atoms with Gasteiger partial charge in [0.25, 0.3) is 0 Å². The van der Waals surface area contributed by atoms with Gasteiger partial charge in [0.2, 0.25) is 5.91 Å². The Kier molecular flexibility index (Phi) is 4.35. The molecule has 4 heteroatoms. The molecule has 1 N–H and O–H groups in total. The van der Waals surface area contributed by atoms with Crippen LogP contribution in [0.15, 0.2) is 24.3 Å². The summed E-state index contributed by atoms with van der Waals surface area (Å²) in [7, 11) is 0. The number of hydrogen-bond donors (Lipinski definition) is 1. The van der Waals surface area contributed by atoms with Crippen molar-refractivity contribution in [2.75, 3.05) is 6.54 Å². The lowest BCUT2D eigenvalue weighted by Gasteiger charge is -2.45. The van der Waals surface area contributed by atoms with Crippen LogP contribution in [-0.4, -0.2) is 34.5 Å². The van der Waals surface area contributed by atoms with Gasteiger partial charge in [-0.1, -0.05) is 36.2 Å². The summed E-state index contributed by atoms with van der Waals surface area (Å²) in [5.74, 6) is -1.01. The second-order valence-electron chi connectivity index (χ2n) is 6.23. The summed E-state index contributed by atoms with van der Waals surface area (Å²) >= 11 is 0. The predicted molar refractivity (Wildman–Crippen MR) is 81.2 cm³/mol. The van der Waals surface area contributed by atoms with E-state index >= 15 is 0 Å². The average molecular weight is 289 g/mol. The zero-order chi connectivity index (χ0) is 15.6. The van der Waals surface area contributed by atoms with Gasteiger partial charge < -0.3 is 10.0 Å². The summed E-state index contributed by atoms with van der Waals surface area (Å²) in [4.78, 5) is 25.5. The van der Waals surface area contributed by atoms with E-state index in [9.17, 15) is 9.59 Å². The molecular weight excluding hydrogens is 266 g/mol. The minimum atomic E-state index is -0.962. The lowest BCUT2D eigenvalue weighted by Crippen LogP contribution is -2.54. The number of aliphatic carboxylic acids is 1. The highest BCUT2D eigenvalue weighted by Gasteiger charge is 2.48. The summed E-state index contributed by atoms with van der Waals surface area (Å²) in [6, 6.07) is 7.91. The maximum absolute atomic E-state index is 13.0. The molecule has 0 unspecified atom stereocenters. The third-order valence-electron chi connectivity index (χ3n) is 4.38. The molecule has 0 aliphatic heterocycles. The Bertz CT molecular complexity index is 547. The summed E-state index contributed by atoms with van der Waals surface area (Å²) in [5, 5.41) is 9.06. The molecule has 1 aromatic carbocycles. The molecule has 0 heterocycles. The summed E-state index contributed by atoms with van der Waals surface area (Å²) in [6.45, 7) is 5.51. The van der Waals surface area contributed by atoms with E-state index in [1.54, 1.807) is 0 Å². The van der Waals surface area contributed by atoms with Gasteiger partial charge >= 0.3 is 5.97 Å². The molecule has 1 aliphatic carbocycles. The lowest BCUT2D eigenvalue weighted by molar-refractivity contribution is -0.150. The van der Waals surface area contributed by atoms with Gasteiger partial charge in [-0.05, 0) is 39.2 Å². The van der Waals surface area contributed by atoms with Crippen molar-refractivity contribution in [2.45, 2.75) is 51.5 Å². The van der Waals surface area contributed by atoms with Gasteiger partial charge in [-0.15, -0.1) is 0 Å². The van der Waals surface area contributed by atoms with E-state index in [1.807, 2.05) is 39.0 Å². The Morgan fingerprint density at radius 3 is 2.43 bits per heavy atom. The van der Waals surface area contributed by atoms with Gasteiger partial charge in [0.15, 0.2) is 0 Å². The number of carboxylic acid groups (broad SMARTS) is 1. The first-order valence-corrected chi connectivity index (χ1v) is 7.47. The number of amides is 1. The van der Waals surface area contributed by atoms with Crippen molar-refractivity contribution >= 4 is 11.9 Å². The van der Waals surface area contributed by atoms with E-state index in [4.69, 9.17) is 5.11 Å². The van der Waals surface area contributed by atoms with Crippen LogP contribution in [0, 0.1) is 6.92 Å². The maximum Gasteiger partial charge on any atom is 0.323 e. The molecule has 1 fully saturated rings. The molecule has 0 radical (unpaired) electrons. The second kappa shape index (κ2) is 5.88. The highest BCUT2D eigenvalue weighted by molar-refractivity contribution is 5.91. The van der Waals surface area contributed by atoms with E-state index in [0.717, 1.165) is 30.4 Å². The lowest BCUT2D eigenvalue weighted by atomic mass is 9.63. The molecule has 114 valence electrons. The van der Waals surface area contributed by atoms with Crippen LogP contribution in [0.5, 0.6) is 0 Å². The molecule has 0 bridgehead atoms. The molecule has 0 saturated heterocycles. The number of hydrogen-bond acceptors (Lipinski definition) is 2. The smallest absolute Gasteiger partial charge is 0.323 e. The number of aryl methyl sites for hydroxylation is 1. The van der Waals surface area contributed by atoms with E-state index in [0.29, 0.717) is 0 Å². The van der Waals surface area contributed by atoms with Crippen LogP contribution >= 0.6 is 0 Å². The van der Waals surface area contributed by atoms with Crippen molar-refractivity contribution in [3.63, 3.8) is 0 Å². The molecule has 1 aliphatic rings. The molecule has 1 aromatic rings. The standard InChI is InChI=1S/C17H23NO3/c1-12(2)18(11-15(19)20)16(21)17(8-5-9-17)14-7-4-6-13(3)10-14/h4,6-7,10,12H,5,8-9,11H2,1-3H3,(H,19,20). The van der Waals surface area contributed by atoms with Gasteiger partial charge in [-0.25, -0.2) is 0 Å². The van der Waals surface area contributed by atoms with Crippen LogP contribution in [-0.2, 0) is 15.0 Å². The van der Waals surface area contributed by atoms with Crippen LogP contribution in [0.2, 0.25) is 0 Å². The van der Waals surface area contributed by atoms with Crippen molar-refractivity contribution < 1.29 is 14.7 Å². The van der Waals surface area contributed by atoms with E-state index in [1.165, 1.54) is 4.90 Å². The van der Waals surface area contributed by atoms with E-state index in [2.05, 4.69) is 6.07 Å². The van der Waals surface area contributed by atoms with Crippen molar-refractivity contribution in [1.29, 1.82) is 0 Å². The zero-order valence-electron chi connectivity index (χ0n) is 12.9. The Morgan fingerprint density at radius 2 is 2.00 bits per heavy atom. The van der Waals surface area contributed by atoms with Crippen LogP contribution in [0.1, 0.15) is 44.2 Å². The largest absolute Gasteiger partial charge is 0.480 e. The number of carboxylic acids is 1. The SMILES string of the molecule is Cc1cccc(C2(C(=O)N(CC(=O)O)C(C)C)CCC2)c1. The maximum atomic E-state index is 13.0. The molecule has 4 nitrogen and oxygen atoms in total. The highest BCUT2D eigenvalue weighted by atomic mass is 16.4. The minimum Gasteiger partial charge on any atom is -0.480 e. The Labute approximate surface area is 125 Å². The van der Waals surface area contributed by atoms with Crippen LogP contribution in [0.4, 0.5) is 0 Å². The molecule has 1 saturated carbocycles. The Morgan fingerprint density at radius 1 is 1.33 bits per heavy atom. The topological polar surface area (TPSA) is 57.6 Å². The number of carbonyl (C=O) groups is 2. The third kappa shape index (κ3) is 2.94. The first-order chi connectivity index (χ1) is 9.86. The fraction of sp³-hybridized carbons (Fsp3) is 0.529. The number of carbonyl (C=O) groups excluding carboxylic acids is 1. The van der Waals surface area contributed by atoms with Gasteiger partial charge in [0.1, 0.15) is 6.54 Å². The second-order valence-corrected chi connectivity index (χ2v) is 6.23. The van der Waals surface area contributed by atoms with Crippen molar-refractivity contribution in [3.8, 4) is 0 Å².